The molecule has 0 aliphatic carbocycles. The van der Waals surface area contributed by atoms with Gasteiger partial charge in [0.05, 0.1) is 23.7 Å². The van der Waals surface area contributed by atoms with Crippen molar-refractivity contribution in [2.45, 2.75) is 11.0 Å². The van der Waals surface area contributed by atoms with Gasteiger partial charge in [0, 0.05) is 23.8 Å². The average Bonchev–Trinajstić information content (AvgIpc) is 3.39. The van der Waals surface area contributed by atoms with Crippen molar-refractivity contribution in [3.8, 4) is 5.88 Å². The molecule has 4 bridgehead atoms. The Balaban J connectivity index is 1.47. The molecule has 2 aliphatic heterocycles. The number of benzene rings is 2. The number of pyridine rings is 1. The van der Waals surface area contributed by atoms with Crippen LogP contribution in [0.5, 0.6) is 5.88 Å². The van der Waals surface area contributed by atoms with Crippen molar-refractivity contribution in [1.82, 2.24) is 14.6 Å². The van der Waals surface area contributed by atoms with Gasteiger partial charge in [-0.1, -0.05) is 42.5 Å². The molecule has 0 saturated carbocycles. The standard InChI is InChI=1S/C29H25N5O8S/c35-29(36)26-15-23-18-33(26)17-22(16-32-43(39,40)27-8-4-3-7-25(27)34(37)38)31-19-41-13-5-1-2-6-20-9-10-21-11-12-30-28(42-23)24(21)14-20/h1-12,14-15,17,19,23,32H,13,16,18H2,(H,35,36)/b5-1-,6-2+,22-17-,31-19?/t23-/m1/s1. The normalized spacial score (nSPS) is 19.7. The van der Waals surface area contributed by atoms with Crippen molar-refractivity contribution in [1.29, 1.82) is 0 Å². The van der Waals surface area contributed by atoms with Gasteiger partial charge in [0.15, 0.2) is 11.3 Å². The van der Waals surface area contributed by atoms with E-state index >= 15 is 0 Å². The molecule has 0 fully saturated rings. The number of nitro groups is 1. The number of sulfonamides is 1. The van der Waals surface area contributed by atoms with Crippen LogP contribution in [-0.2, 0) is 19.6 Å². The second-order valence-electron chi connectivity index (χ2n) is 9.29. The van der Waals surface area contributed by atoms with Crippen LogP contribution >= 0.6 is 0 Å². The summed E-state index contributed by atoms with van der Waals surface area (Å²) >= 11 is 0. The smallest absolute Gasteiger partial charge is 0.352 e. The molecule has 1 aromatic heterocycles. The highest BCUT2D eigenvalue weighted by molar-refractivity contribution is 7.89. The lowest BCUT2D eigenvalue weighted by Gasteiger charge is -2.19. The summed E-state index contributed by atoms with van der Waals surface area (Å²) in [5.74, 6) is -0.915. The fraction of sp³-hybridized carbons (Fsp3) is 0.138. The Morgan fingerprint density at radius 2 is 2.02 bits per heavy atom. The maximum absolute atomic E-state index is 13.0. The number of aromatic nitrogens is 1. The highest BCUT2D eigenvalue weighted by atomic mass is 32.2. The molecule has 0 amide bonds. The van der Waals surface area contributed by atoms with E-state index in [1.54, 1.807) is 18.3 Å². The summed E-state index contributed by atoms with van der Waals surface area (Å²) in [5.41, 5.74) is 0.258. The highest BCUT2D eigenvalue weighted by Crippen LogP contribution is 2.29. The van der Waals surface area contributed by atoms with Crippen molar-refractivity contribution in [2.75, 3.05) is 19.7 Å². The average molecular weight is 604 g/mol. The number of hydrogen-bond donors (Lipinski definition) is 2. The second-order valence-corrected chi connectivity index (χ2v) is 11.0. The SMILES string of the molecule is O=C(O)C1=C[C@@H]2CN1/C=C(/CNS(=O)(=O)c1ccccc1[N+](=O)[O-])N=COC/C=C\C=C\c1ccc3ccnc(c3c1)O2. The molecule has 2 aromatic carbocycles. The predicted molar refractivity (Wildman–Crippen MR) is 158 cm³/mol. The Bertz CT molecular complexity index is 1830. The maximum Gasteiger partial charge on any atom is 0.352 e. The summed E-state index contributed by atoms with van der Waals surface area (Å²) in [5, 5.41) is 22.9. The number of fused-ring (bicyclic) bond motifs is 3. The van der Waals surface area contributed by atoms with E-state index in [-0.39, 0.29) is 24.5 Å². The first-order valence-electron chi connectivity index (χ1n) is 12.9. The van der Waals surface area contributed by atoms with Crippen LogP contribution in [0, 0.1) is 10.1 Å². The third-order valence-corrected chi connectivity index (χ3v) is 7.84. The minimum absolute atomic E-state index is 0.0544. The summed E-state index contributed by atoms with van der Waals surface area (Å²) in [4.78, 5) is 32.1. The van der Waals surface area contributed by atoms with E-state index in [4.69, 9.17) is 9.47 Å². The summed E-state index contributed by atoms with van der Waals surface area (Å²) in [6.07, 6.45) is 12.0. The van der Waals surface area contributed by atoms with Crippen LogP contribution in [0.3, 0.4) is 0 Å². The number of carboxylic acid groups (broad SMARTS) is 1. The molecule has 0 unspecified atom stereocenters. The monoisotopic (exact) mass is 603 g/mol. The maximum atomic E-state index is 13.0. The first-order valence-corrected chi connectivity index (χ1v) is 14.4. The van der Waals surface area contributed by atoms with Crippen molar-refractivity contribution < 1.29 is 32.7 Å². The van der Waals surface area contributed by atoms with Crippen LogP contribution in [-0.4, -0.2) is 66.5 Å². The molecular formula is C29H25N5O8S. The zero-order valence-electron chi connectivity index (χ0n) is 22.4. The number of nitro benzene ring substituents is 1. The van der Waals surface area contributed by atoms with E-state index in [2.05, 4.69) is 14.7 Å². The van der Waals surface area contributed by atoms with E-state index in [0.717, 1.165) is 34.9 Å². The minimum Gasteiger partial charge on any atom is -0.479 e. The van der Waals surface area contributed by atoms with Crippen LogP contribution in [0.1, 0.15) is 5.56 Å². The number of carbonyl (C=O) groups is 1. The summed E-state index contributed by atoms with van der Waals surface area (Å²) in [6.45, 7) is -0.233. The summed E-state index contributed by atoms with van der Waals surface area (Å²) in [7, 11) is -4.35. The van der Waals surface area contributed by atoms with Crippen molar-refractivity contribution >= 4 is 44.9 Å². The molecule has 2 aliphatic rings. The molecule has 220 valence electrons. The summed E-state index contributed by atoms with van der Waals surface area (Å²) in [6, 6.07) is 12.6. The number of nitrogens with zero attached hydrogens (tertiary/aromatic N) is 4. The molecule has 3 aromatic rings. The fourth-order valence-corrected chi connectivity index (χ4v) is 5.56. The van der Waals surface area contributed by atoms with Gasteiger partial charge in [-0.2, -0.15) is 0 Å². The Morgan fingerprint density at radius 1 is 1.19 bits per heavy atom. The van der Waals surface area contributed by atoms with Gasteiger partial charge in [-0.25, -0.2) is 27.9 Å². The first-order chi connectivity index (χ1) is 20.7. The third-order valence-electron chi connectivity index (χ3n) is 6.39. The third kappa shape index (κ3) is 6.94. The number of nitrogens with one attached hydrogen (secondary N) is 1. The van der Waals surface area contributed by atoms with E-state index in [9.17, 15) is 28.4 Å². The molecule has 13 nitrogen and oxygen atoms in total. The number of carboxylic acids is 1. The van der Waals surface area contributed by atoms with Gasteiger partial charge in [0.25, 0.3) is 5.69 Å². The Hall–Kier alpha value is -5.34. The lowest BCUT2D eigenvalue weighted by atomic mass is 10.1. The number of ether oxygens (including phenoxy) is 2. The van der Waals surface area contributed by atoms with Crippen LogP contribution in [0.4, 0.5) is 5.69 Å². The fourth-order valence-electron chi connectivity index (χ4n) is 4.40. The Kier molecular flexibility index (Phi) is 8.59. The largest absolute Gasteiger partial charge is 0.479 e. The van der Waals surface area contributed by atoms with Crippen LogP contribution < -0.4 is 9.46 Å². The topological polar surface area (TPSA) is 174 Å². The molecular weight excluding hydrogens is 578 g/mol. The molecule has 0 spiro atoms. The molecule has 2 N–H and O–H groups in total. The number of allylic oxidation sites excluding steroid dienone is 2. The molecule has 14 heteroatoms. The number of hydrogen-bond acceptors (Lipinski definition) is 10. The molecule has 3 heterocycles. The number of aliphatic carboxylic acids is 1. The number of para-hydroxylation sites is 1. The first kappa shape index (κ1) is 29.2. The zero-order valence-corrected chi connectivity index (χ0v) is 23.3. The minimum atomic E-state index is -4.35. The number of rotatable bonds is 6. The van der Waals surface area contributed by atoms with Gasteiger partial charge in [-0.05, 0) is 41.3 Å². The zero-order chi connectivity index (χ0) is 30.4. The van der Waals surface area contributed by atoms with Crippen molar-refractivity contribution in [3.63, 3.8) is 0 Å². The van der Waals surface area contributed by atoms with Crippen molar-refractivity contribution in [3.05, 3.63) is 112 Å². The van der Waals surface area contributed by atoms with E-state index < -0.39 is 44.1 Å². The van der Waals surface area contributed by atoms with Gasteiger partial charge in [0.2, 0.25) is 15.9 Å². The lowest BCUT2D eigenvalue weighted by Crippen LogP contribution is -2.29. The second kappa shape index (κ2) is 12.7. The molecule has 43 heavy (non-hydrogen) atoms. The van der Waals surface area contributed by atoms with Gasteiger partial charge >= 0.3 is 5.97 Å². The van der Waals surface area contributed by atoms with Gasteiger partial charge in [-0.3, -0.25) is 10.1 Å². The van der Waals surface area contributed by atoms with Gasteiger partial charge in [0.1, 0.15) is 18.4 Å². The molecule has 5 rings (SSSR count). The number of aliphatic imine (C=N–C) groups is 1. The van der Waals surface area contributed by atoms with E-state index in [1.807, 2.05) is 36.4 Å². The summed E-state index contributed by atoms with van der Waals surface area (Å²) < 4.78 is 39.8. The highest BCUT2D eigenvalue weighted by Gasteiger charge is 2.30. The lowest BCUT2D eigenvalue weighted by molar-refractivity contribution is -0.387. The molecule has 0 radical (unpaired) electrons. The molecule has 0 saturated heterocycles. The van der Waals surface area contributed by atoms with Crippen LogP contribution in [0.2, 0.25) is 0 Å². The van der Waals surface area contributed by atoms with E-state index in [0.29, 0.717) is 5.88 Å². The van der Waals surface area contributed by atoms with Gasteiger partial charge in [-0.15, -0.1) is 0 Å². The quantitative estimate of drug-likeness (QED) is 0.313. The predicted octanol–water partition coefficient (Wildman–Crippen LogP) is 3.62. The van der Waals surface area contributed by atoms with Crippen LogP contribution in [0.25, 0.3) is 16.8 Å². The Labute approximate surface area is 246 Å². The van der Waals surface area contributed by atoms with Crippen LogP contribution in [0.15, 0.2) is 107 Å². The Morgan fingerprint density at radius 3 is 2.84 bits per heavy atom. The van der Waals surface area contributed by atoms with Crippen molar-refractivity contribution in [2.24, 2.45) is 4.99 Å². The van der Waals surface area contributed by atoms with E-state index in [1.165, 1.54) is 29.3 Å². The molecule has 1 atom stereocenters. The van der Waals surface area contributed by atoms with Gasteiger partial charge < -0.3 is 19.5 Å².